The minimum atomic E-state index is -0.143. The maximum Gasteiger partial charge on any atom is 0.314 e. The van der Waals surface area contributed by atoms with Gasteiger partial charge in [0.15, 0.2) is 11.5 Å². The van der Waals surface area contributed by atoms with Gasteiger partial charge in [0.25, 0.3) is 0 Å². The lowest BCUT2D eigenvalue weighted by Gasteiger charge is -2.27. The molecular weight excluding hydrogens is 232 g/mol. The van der Waals surface area contributed by atoms with E-state index >= 15 is 0 Å². The van der Waals surface area contributed by atoms with Crippen molar-refractivity contribution >= 4 is 5.97 Å². The molecule has 1 aromatic rings. The van der Waals surface area contributed by atoms with Crippen LogP contribution in [0.15, 0.2) is 18.2 Å². The van der Waals surface area contributed by atoms with E-state index in [2.05, 4.69) is 0 Å². The minimum absolute atomic E-state index is 0.0751. The zero-order chi connectivity index (χ0) is 12.5. The third-order valence-electron chi connectivity index (χ3n) is 3.12. The molecule has 0 unspecified atom stereocenters. The molecule has 0 bridgehead atoms. The van der Waals surface area contributed by atoms with Crippen molar-refractivity contribution in [3.63, 3.8) is 0 Å². The summed E-state index contributed by atoms with van der Waals surface area (Å²) in [6, 6.07) is 5.64. The van der Waals surface area contributed by atoms with Crippen molar-refractivity contribution in [3.8, 4) is 11.5 Å². The fraction of sp³-hybridized carbons (Fsp3) is 0.500. The molecule has 3 rings (SSSR count). The smallest absolute Gasteiger partial charge is 0.314 e. The second-order valence-corrected chi connectivity index (χ2v) is 4.92. The van der Waals surface area contributed by atoms with Crippen LogP contribution in [0, 0.1) is 12.8 Å². The Kier molecular flexibility index (Phi) is 2.96. The first kappa shape index (κ1) is 11.5. The molecule has 4 heteroatoms. The maximum absolute atomic E-state index is 11.7. The van der Waals surface area contributed by atoms with Crippen molar-refractivity contribution < 1.29 is 19.0 Å². The van der Waals surface area contributed by atoms with E-state index in [1.165, 1.54) is 0 Å². The summed E-state index contributed by atoms with van der Waals surface area (Å²) in [5, 5.41) is 0. The fourth-order valence-corrected chi connectivity index (χ4v) is 1.76. The number of carbonyl (C=O) groups is 1. The average Bonchev–Trinajstić information content (AvgIpc) is 3.09. The highest BCUT2D eigenvalue weighted by molar-refractivity contribution is 5.78. The highest BCUT2D eigenvalue weighted by Gasteiger charge is 2.32. The van der Waals surface area contributed by atoms with Crippen molar-refractivity contribution in [2.24, 2.45) is 5.92 Å². The number of benzene rings is 1. The summed E-state index contributed by atoms with van der Waals surface area (Å²) in [7, 11) is 0. The van der Waals surface area contributed by atoms with Gasteiger partial charge in [0.05, 0.1) is 19.1 Å². The second-order valence-electron chi connectivity index (χ2n) is 4.92. The molecule has 0 spiro atoms. The summed E-state index contributed by atoms with van der Waals surface area (Å²) in [6.07, 6.45) is 1.96. The Balaban J connectivity index is 1.75. The van der Waals surface area contributed by atoms with Crippen LogP contribution in [-0.2, 0) is 9.53 Å². The minimum Gasteiger partial charge on any atom is -0.482 e. The van der Waals surface area contributed by atoms with Gasteiger partial charge >= 0.3 is 5.97 Å². The molecule has 0 N–H and O–H groups in total. The van der Waals surface area contributed by atoms with Crippen molar-refractivity contribution in [2.75, 3.05) is 13.2 Å². The summed E-state index contributed by atoms with van der Waals surface area (Å²) in [4.78, 5) is 11.7. The summed E-state index contributed by atoms with van der Waals surface area (Å²) in [5.41, 5.74) is 1.05. The number of hydrogen-bond acceptors (Lipinski definition) is 4. The summed E-state index contributed by atoms with van der Waals surface area (Å²) in [6.45, 7) is 3.17. The van der Waals surface area contributed by atoms with Crippen molar-refractivity contribution in [3.05, 3.63) is 23.8 Å². The van der Waals surface area contributed by atoms with E-state index in [1.807, 2.05) is 25.1 Å². The maximum atomic E-state index is 11.7. The summed E-state index contributed by atoms with van der Waals surface area (Å²) < 4.78 is 16.2. The number of ether oxygens (including phenoxy) is 3. The van der Waals surface area contributed by atoms with Crippen LogP contribution in [0.3, 0.4) is 0 Å². The molecule has 0 aromatic heterocycles. The summed E-state index contributed by atoms with van der Waals surface area (Å²) >= 11 is 0. The van der Waals surface area contributed by atoms with Crippen LogP contribution < -0.4 is 9.47 Å². The Morgan fingerprint density at radius 1 is 1.28 bits per heavy atom. The third kappa shape index (κ3) is 2.48. The van der Waals surface area contributed by atoms with Gasteiger partial charge < -0.3 is 14.2 Å². The number of aryl methyl sites for hydroxylation is 1. The van der Waals surface area contributed by atoms with E-state index in [9.17, 15) is 4.79 Å². The van der Waals surface area contributed by atoms with E-state index in [4.69, 9.17) is 14.2 Å². The molecule has 0 atom stereocenters. The van der Waals surface area contributed by atoms with Gasteiger partial charge in [0.1, 0.15) is 6.10 Å². The van der Waals surface area contributed by atoms with Crippen molar-refractivity contribution in [1.82, 2.24) is 0 Å². The molecule has 1 saturated carbocycles. The Morgan fingerprint density at radius 3 is 2.67 bits per heavy atom. The van der Waals surface area contributed by atoms with Crippen LogP contribution in [0.4, 0.5) is 0 Å². The molecule has 1 aromatic carbocycles. The van der Waals surface area contributed by atoms with Crippen LogP contribution in [0.5, 0.6) is 11.5 Å². The first-order valence-electron chi connectivity index (χ1n) is 6.29. The van der Waals surface area contributed by atoms with Gasteiger partial charge in [-0.1, -0.05) is 6.07 Å². The quantitative estimate of drug-likeness (QED) is 0.604. The Bertz CT molecular complexity index is 461. The van der Waals surface area contributed by atoms with Gasteiger partial charge in [-0.05, 0) is 37.5 Å². The molecule has 4 nitrogen and oxygen atoms in total. The van der Waals surface area contributed by atoms with Crippen molar-refractivity contribution in [2.45, 2.75) is 25.9 Å². The van der Waals surface area contributed by atoms with Crippen LogP contribution >= 0.6 is 0 Å². The van der Waals surface area contributed by atoms with E-state index in [-0.39, 0.29) is 18.0 Å². The topological polar surface area (TPSA) is 44.8 Å². The van der Waals surface area contributed by atoms with E-state index in [0.717, 1.165) is 18.4 Å². The SMILES string of the molecule is Cc1ccc(OC2COC2)c(OC(=O)C2CC2)c1. The Hall–Kier alpha value is -1.55. The van der Waals surface area contributed by atoms with Gasteiger partial charge in [-0.25, -0.2) is 0 Å². The van der Waals surface area contributed by atoms with Gasteiger partial charge in [0.2, 0.25) is 0 Å². The van der Waals surface area contributed by atoms with E-state index in [0.29, 0.717) is 24.7 Å². The largest absolute Gasteiger partial charge is 0.482 e. The van der Waals surface area contributed by atoms with Gasteiger partial charge in [-0.2, -0.15) is 0 Å². The molecule has 0 radical (unpaired) electrons. The molecule has 2 fully saturated rings. The van der Waals surface area contributed by atoms with Crippen LogP contribution in [0.1, 0.15) is 18.4 Å². The monoisotopic (exact) mass is 248 g/mol. The number of rotatable bonds is 4. The molecule has 2 aliphatic rings. The standard InChI is InChI=1S/C14H16O4/c1-9-2-5-12(17-11-7-16-8-11)13(6-9)18-14(15)10-3-4-10/h2,5-6,10-11H,3-4,7-8H2,1H3. The van der Waals surface area contributed by atoms with E-state index < -0.39 is 0 Å². The molecule has 96 valence electrons. The fourth-order valence-electron chi connectivity index (χ4n) is 1.76. The molecule has 0 amide bonds. The number of esters is 1. The molecular formula is C14H16O4. The normalized spacial score (nSPS) is 19.2. The predicted molar refractivity (Wildman–Crippen MR) is 64.8 cm³/mol. The first-order valence-corrected chi connectivity index (χ1v) is 6.29. The molecule has 1 aliphatic heterocycles. The second kappa shape index (κ2) is 4.61. The van der Waals surface area contributed by atoms with Gasteiger partial charge in [-0.3, -0.25) is 4.79 Å². The number of carbonyl (C=O) groups excluding carboxylic acids is 1. The molecule has 1 heterocycles. The zero-order valence-corrected chi connectivity index (χ0v) is 10.3. The average molecular weight is 248 g/mol. The highest BCUT2D eigenvalue weighted by Crippen LogP contribution is 2.35. The van der Waals surface area contributed by atoms with Crippen molar-refractivity contribution in [1.29, 1.82) is 0 Å². The van der Waals surface area contributed by atoms with Crippen LogP contribution in [0.2, 0.25) is 0 Å². The van der Waals surface area contributed by atoms with E-state index in [1.54, 1.807) is 0 Å². The molecule has 1 aliphatic carbocycles. The Morgan fingerprint density at radius 2 is 2.06 bits per heavy atom. The Labute approximate surface area is 106 Å². The zero-order valence-electron chi connectivity index (χ0n) is 10.3. The van der Waals surface area contributed by atoms with Crippen LogP contribution in [0.25, 0.3) is 0 Å². The van der Waals surface area contributed by atoms with Crippen LogP contribution in [-0.4, -0.2) is 25.3 Å². The predicted octanol–water partition coefficient (Wildman–Crippen LogP) is 2.09. The third-order valence-corrected chi connectivity index (χ3v) is 3.12. The number of hydrogen-bond donors (Lipinski definition) is 0. The summed E-state index contributed by atoms with van der Waals surface area (Å²) in [5.74, 6) is 1.10. The first-order chi connectivity index (χ1) is 8.72. The lowest BCUT2D eigenvalue weighted by Crippen LogP contribution is -2.38. The highest BCUT2D eigenvalue weighted by atomic mass is 16.6. The lowest BCUT2D eigenvalue weighted by atomic mass is 10.2. The molecule has 18 heavy (non-hydrogen) atoms. The van der Waals surface area contributed by atoms with Gasteiger partial charge in [-0.15, -0.1) is 0 Å². The molecule has 1 saturated heterocycles. The lowest BCUT2D eigenvalue weighted by molar-refractivity contribution is -0.136. The van der Waals surface area contributed by atoms with Gasteiger partial charge in [0, 0.05) is 0 Å².